The van der Waals surface area contributed by atoms with Crippen LogP contribution in [0.5, 0.6) is 0 Å². The van der Waals surface area contributed by atoms with E-state index in [2.05, 4.69) is 18.2 Å². The zero-order valence-electron chi connectivity index (χ0n) is 28.4. The van der Waals surface area contributed by atoms with Gasteiger partial charge in [-0.1, -0.05) is 109 Å². The molecular formula is C36H22O. The van der Waals surface area contributed by atoms with E-state index in [1.807, 2.05) is 48.5 Å². The summed E-state index contributed by atoms with van der Waals surface area (Å²) < 4.78 is 83.2. The molecule has 0 atom stereocenters. The van der Waals surface area contributed by atoms with Crippen molar-refractivity contribution >= 4 is 54.3 Å². The molecule has 37 heavy (non-hydrogen) atoms. The van der Waals surface area contributed by atoms with Gasteiger partial charge in [-0.25, -0.2) is 0 Å². The maximum atomic E-state index is 8.90. The van der Waals surface area contributed by atoms with E-state index in [1.165, 1.54) is 0 Å². The molecule has 0 aliphatic rings. The van der Waals surface area contributed by atoms with Crippen molar-refractivity contribution in [1.82, 2.24) is 0 Å². The number of benzene rings is 7. The summed E-state index contributed by atoms with van der Waals surface area (Å²) in [6.45, 7) is 0. The van der Waals surface area contributed by atoms with E-state index in [0.29, 0.717) is 5.56 Å². The van der Waals surface area contributed by atoms with Gasteiger partial charge >= 0.3 is 0 Å². The minimum absolute atomic E-state index is 0.0410. The molecule has 172 valence electrons. The molecule has 8 rings (SSSR count). The van der Waals surface area contributed by atoms with Crippen LogP contribution in [0.25, 0.3) is 76.5 Å². The van der Waals surface area contributed by atoms with Crippen molar-refractivity contribution < 1.29 is 16.8 Å². The van der Waals surface area contributed by atoms with Crippen molar-refractivity contribution in [3.05, 3.63) is 133 Å². The van der Waals surface area contributed by atoms with Gasteiger partial charge in [0.2, 0.25) is 0 Å². The predicted octanol–water partition coefficient (Wildman–Crippen LogP) is 10.4. The fourth-order valence-corrected chi connectivity index (χ4v) is 5.24. The Morgan fingerprint density at radius 3 is 1.92 bits per heavy atom. The van der Waals surface area contributed by atoms with Gasteiger partial charge in [0.25, 0.3) is 0 Å². The molecule has 0 N–H and O–H groups in total. The Morgan fingerprint density at radius 1 is 0.486 bits per heavy atom. The first-order valence-corrected chi connectivity index (χ1v) is 12.0. The molecule has 0 unspecified atom stereocenters. The maximum absolute atomic E-state index is 8.90. The Balaban J connectivity index is 1.39. The zero-order valence-corrected chi connectivity index (χ0v) is 19.4. The molecule has 1 heteroatoms. The third kappa shape index (κ3) is 3.11. The molecule has 0 aliphatic carbocycles. The first kappa shape index (κ1) is 13.4. The Hall–Kier alpha value is -4.88. The monoisotopic (exact) mass is 479 g/mol. The Labute approximate surface area is 226 Å². The minimum Gasteiger partial charge on any atom is -0.455 e. The van der Waals surface area contributed by atoms with Crippen LogP contribution < -0.4 is 0 Å². The standard InChI is InChI=1S/C36H22O/c1-3-9-29-27(7-1)21-28-8-2-4-10-30(28)35(29)25-16-13-23(14-17-25)26-18-15-24-19-20-32-31-11-5-6-12-34(31)37-36(32)33(24)22-26/h1-22H/i1D,2D,3D,4D,7D,8D,9D,10D,21D. The molecule has 8 aromatic rings. The van der Waals surface area contributed by atoms with E-state index >= 15 is 0 Å². The number of hydrogen-bond donors (Lipinski definition) is 0. The second kappa shape index (κ2) is 7.81. The van der Waals surface area contributed by atoms with Crippen molar-refractivity contribution in [2.45, 2.75) is 0 Å². The second-order valence-corrected chi connectivity index (χ2v) is 9.05. The highest BCUT2D eigenvalue weighted by atomic mass is 16.3. The maximum Gasteiger partial charge on any atom is 0.143 e. The lowest BCUT2D eigenvalue weighted by atomic mass is 9.91. The van der Waals surface area contributed by atoms with Crippen LogP contribution in [0.2, 0.25) is 0 Å². The molecule has 0 saturated carbocycles. The Bertz CT molecular complexity index is 2540. The fourth-order valence-electron chi connectivity index (χ4n) is 5.24. The first-order valence-electron chi connectivity index (χ1n) is 16.5. The summed E-state index contributed by atoms with van der Waals surface area (Å²) in [5.41, 5.74) is 4.13. The van der Waals surface area contributed by atoms with E-state index in [9.17, 15) is 0 Å². The molecule has 1 heterocycles. The van der Waals surface area contributed by atoms with Crippen molar-refractivity contribution in [3.8, 4) is 22.3 Å². The summed E-state index contributed by atoms with van der Waals surface area (Å²) in [7, 11) is 0. The summed E-state index contributed by atoms with van der Waals surface area (Å²) in [5.74, 6) is 0. The molecular weight excluding hydrogens is 448 g/mol. The Morgan fingerprint density at radius 2 is 1.14 bits per heavy atom. The largest absolute Gasteiger partial charge is 0.455 e. The van der Waals surface area contributed by atoms with Crippen LogP contribution in [-0.4, -0.2) is 0 Å². The van der Waals surface area contributed by atoms with Gasteiger partial charge in [-0.05, 0) is 73.4 Å². The van der Waals surface area contributed by atoms with Crippen LogP contribution in [0.1, 0.15) is 12.3 Å². The number of hydrogen-bond acceptors (Lipinski definition) is 1. The third-order valence-corrected chi connectivity index (χ3v) is 6.99. The van der Waals surface area contributed by atoms with Gasteiger partial charge in [0.1, 0.15) is 11.2 Å². The average Bonchev–Trinajstić information content (AvgIpc) is 3.46. The van der Waals surface area contributed by atoms with E-state index < -0.39 is 36.3 Å². The van der Waals surface area contributed by atoms with Crippen LogP contribution in [0.15, 0.2) is 138 Å². The lowest BCUT2D eigenvalue weighted by Gasteiger charge is -2.13. The van der Waals surface area contributed by atoms with E-state index in [0.717, 1.165) is 43.8 Å². The quantitative estimate of drug-likeness (QED) is 0.225. The number of rotatable bonds is 2. The first-order chi connectivity index (χ1) is 22.1. The summed E-state index contributed by atoms with van der Waals surface area (Å²) in [6, 6.07) is 21.5. The lowest BCUT2D eigenvalue weighted by molar-refractivity contribution is 0.672. The number of fused-ring (bicyclic) bond motifs is 7. The number of furan rings is 1. The molecule has 1 aromatic heterocycles. The van der Waals surface area contributed by atoms with Crippen molar-refractivity contribution in [1.29, 1.82) is 0 Å². The minimum atomic E-state index is -0.512. The van der Waals surface area contributed by atoms with E-state index in [-0.39, 0.29) is 45.2 Å². The van der Waals surface area contributed by atoms with Crippen LogP contribution >= 0.6 is 0 Å². The third-order valence-electron chi connectivity index (χ3n) is 6.99. The summed E-state index contributed by atoms with van der Waals surface area (Å²) in [4.78, 5) is 0. The van der Waals surface area contributed by atoms with Crippen LogP contribution in [0.4, 0.5) is 0 Å². The van der Waals surface area contributed by atoms with Crippen LogP contribution in [0, 0.1) is 0 Å². The average molecular weight is 480 g/mol. The van der Waals surface area contributed by atoms with Crippen LogP contribution in [0.3, 0.4) is 0 Å². The highest BCUT2D eigenvalue weighted by Crippen LogP contribution is 2.39. The van der Waals surface area contributed by atoms with E-state index in [1.54, 1.807) is 12.1 Å². The molecule has 0 fully saturated rings. The van der Waals surface area contributed by atoms with Gasteiger partial charge in [-0.15, -0.1) is 0 Å². The van der Waals surface area contributed by atoms with Gasteiger partial charge in [0.05, 0.1) is 12.3 Å². The SMILES string of the molecule is [2H]c1c([2H])c([2H])c2c(-c3ccc(-c4ccc5ccc6c7ccccc7oc6c5c4)cc3)c3c([2H])c([2H])c([2H])c([2H])c3c([2H])c2c1[2H]. The highest BCUT2D eigenvalue weighted by molar-refractivity contribution is 6.16. The lowest BCUT2D eigenvalue weighted by Crippen LogP contribution is -1.86. The molecule has 0 saturated heterocycles. The molecule has 7 aromatic carbocycles. The van der Waals surface area contributed by atoms with Crippen molar-refractivity contribution in [2.24, 2.45) is 0 Å². The van der Waals surface area contributed by atoms with Crippen LogP contribution in [-0.2, 0) is 0 Å². The molecule has 0 bridgehead atoms. The molecule has 0 amide bonds. The van der Waals surface area contributed by atoms with E-state index in [4.69, 9.17) is 16.8 Å². The zero-order chi connectivity index (χ0) is 32.2. The molecule has 0 radical (unpaired) electrons. The summed E-state index contributed by atoms with van der Waals surface area (Å²) in [6.07, 6.45) is 0. The van der Waals surface area contributed by atoms with Gasteiger partial charge in [0, 0.05) is 16.2 Å². The molecule has 0 aliphatic heterocycles. The van der Waals surface area contributed by atoms with Crippen molar-refractivity contribution in [2.75, 3.05) is 0 Å². The van der Waals surface area contributed by atoms with Gasteiger partial charge in [-0.2, -0.15) is 0 Å². The fraction of sp³-hybridized carbons (Fsp3) is 0. The van der Waals surface area contributed by atoms with Gasteiger partial charge in [0.15, 0.2) is 0 Å². The smallest absolute Gasteiger partial charge is 0.143 e. The second-order valence-electron chi connectivity index (χ2n) is 9.05. The van der Waals surface area contributed by atoms with Gasteiger partial charge in [-0.3, -0.25) is 0 Å². The van der Waals surface area contributed by atoms with Crippen molar-refractivity contribution in [3.63, 3.8) is 0 Å². The Kier molecular flexibility index (Phi) is 2.84. The molecule has 0 spiro atoms. The topological polar surface area (TPSA) is 13.1 Å². The van der Waals surface area contributed by atoms with Gasteiger partial charge < -0.3 is 4.42 Å². The predicted molar refractivity (Wildman–Crippen MR) is 157 cm³/mol. The summed E-state index contributed by atoms with van der Waals surface area (Å²) in [5, 5.41) is 3.97. The summed E-state index contributed by atoms with van der Waals surface area (Å²) >= 11 is 0. The highest BCUT2D eigenvalue weighted by Gasteiger charge is 2.12. The molecule has 1 nitrogen and oxygen atoms in total. The number of para-hydroxylation sites is 1. The normalized spacial score (nSPS) is 15.2.